The molecule has 5 nitrogen and oxygen atoms in total. The molecule has 1 aliphatic rings. The van der Waals surface area contributed by atoms with Gasteiger partial charge in [0, 0.05) is 5.92 Å². The van der Waals surface area contributed by atoms with Crippen LogP contribution in [0.4, 0.5) is 4.39 Å². The summed E-state index contributed by atoms with van der Waals surface area (Å²) in [7, 11) is 0. The second-order valence-electron chi connectivity index (χ2n) is 5.89. The van der Waals surface area contributed by atoms with Gasteiger partial charge in [-0.3, -0.25) is 0 Å². The van der Waals surface area contributed by atoms with Crippen molar-refractivity contribution in [1.82, 2.24) is 14.8 Å². The second-order valence-corrected chi connectivity index (χ2v) is 6.30. The van der Waals surface area contributed by atoms with E-state index in [0.717, 1.165) is 25.0 Å². The number of halogens is 2. The van der Waals surface area contributed by atoms with Crippen molar-refractivity contribution in [2.75, 3.05) is 0 Å². The van der Waals surface area contributed by atoms with Crippen LogP contribution in [0.5, 0.6) is 0 Å². The van der Waals surface area contributed by atoms with E-state index in [2.05, 4.69) is 10.1 Å². The van der Waals surface area contributed by atoms with Crippen molar-refractivity contribution in [2.45, 2.75) is 25.2 Å². The maximum Gasteiger partial charge on any atom is 0.354 e. The van der Waals surface area contributed by atoms with E-state index in [4.69, 9.17) is 11.6 Å². The molecule has 122 valence electrons. The molecule has 1 N–H and O–H groups in total. The zero-order chi connectivity index (χ0) is 16.8. The van der Waals surface area contributed by atoms with E-state index in [-0.39, 0.29) is 11.5 Å². The minimum absolute atomic E-state index is 0.143. The van der Waals surface area contributed by atoms with Crippen LogP contribution in [0.2, 0.25) is 5.02 Å². The van der Waals surface area contributed by atoms with Gasteiger partial charge in [-0.1, -0.05) is 18.0 Å². The Labute approximate surface area is 141 Å². The van der Waals surface area contributed by atoms with Gasteiger partial charge in [-0.25, -0.2) is 18.9 Å². The molecular formula is C17H13ClFN3O2. The summed E-state index contributed by atoms with van der Waals surface area (Å²) in [5.41, 5.74) is 1.68. The zero-order valence-corrected chi connectivity index (χ0v) is 13.3. The molecule has 1 aromatic carbocycles. The molecule has 3 aromatic rings. The second kappa shape index (κ2) is 5.56. The van der Waals surface area contributed by atoms with Crippen LogP contribution in [0.25, 0.3) is 16.7 Å². The van der Waals surface area contributed by atoms with E-state index in [9.17, 15) is 14.3 Å². The molecule has 0 radical (unpaired) electrons. The van der Waals surface area contributed by atoms with Gasteiger partial charge in [0.2, 0.25) is 0 Å². The lowest BCUT2D eigenvalue weighted by atomic mass is 9.82. The number of aromatic carboxylic acids is 1. The highest BCUT2D eigenvalue weighted by atomic mass is 35.5. The van der Waals surface area contributed by atoms with Crippen LogP contribution in [0, 0.1) is 5.82 Å². The van der Waals surface area contributed by atoms with E-state index in [1.165, 1.54) is 18.2 Å². The van der Waals surface area contributed by atoms with Crippen LogP contribution in [0.15, 0.2) is 30.3 Å². The Bertz CT molecular complexity index is 949. The molecule has 7 heteroatoms. The molecule has 2 aromatic heterocycles. The van der Waals surface area contributed by atoms with Crippen LogP contribution < -0.4 is 0 Å². The summed E-state index contributed by atoms with van der Waals surface area (Å²) in [5, 5.41) is 14.9. The Morgan fingerprint density at radius 3 is 2.58 bits per heavy atom. The molecule has 0 unspecified atom stereocenters. The first-order chi connectivity index (χ1) is 11.5. The van der Waals surface area contributed by atoms with Crippen molar-refractivity contribution >= 4 is 28.6 Å². The summed E-state index contributed by atoms with van der Waals surface area (Å²) in [6.45, 7) is 0. The molecule has 0 amide bonds. The Kier molecular flexibility index (Phi) is 3.49. The third kappa shape index (κ3) is 2.34. The van der Waals surface area contributed by atoms with E-state index >= 15 is 0 Å². The molecule has 0 atom stereocenters. The maximum absolute atomic E-state index is 13.2. The SMILES string of the molecule is O=C(O)c1cc(Cl)c2c(C3CCC3)nn(-c3ccc(F)cc3)c2n1. The van der Waals surface area contributed by atoms with E-state index in [0.29, 0.717) is 27.7 Å². The maximum atomic E-state index is 13.2. The number of rotatable bonds is 3. The molecule has 2 heterocycles. The molecule has 4 rings (SSSR count). The van der Waals surface area contributed by atoms with Gasteiger partial charge in [0.15, 0.2) is 11.3 Å². The topological polar surface area (TPSA) is 68.0 Å². The van der Waals surface area contributed by atoms with Crippen molar-refractivity contribution in [2.24, 2.45) is 0 Å². The summed E-state index contributed by atoms with van der Waals surface area (Å²) in [5.74, 6) is -1.22. The first-order valence-corrected chi connectivity index (χ1v) is 8.01. The Morgan fingerprint density at radius 2 is 2.00 bits per heavy atom. The first-order valence-electron chi connectivity index (χ1n) is 7.63. The minimum atomic E-state index is -1.16. The number of hydrogen-bond acceptors (Lipinski definition) is 3. The fraction of sp³-hybridized carbons (Fsp3) is 0.235. The quantitative estimate of drug-likeness (QED) is 0.773. The van der Waals surface area contributed by atoms with Gasteiger partial charge in [0.1, 0.15) is 5.82 Å². The number of carbonyl (C=O) groups is 1. The predicted octanol–water partition coefficient (Wildman–Crippen LogP) is 4.18. The predicted molar refractivity (Wildman–Crippen MR) is 87.4 cm³/mol. The summed E-state index contributed by atoms with van der Waals surface area (Å²) in [4.78, 5) is 15.5. The molecule has 1 fully saturated rings. The monoisotopic (exact) mass is 345 g/mol. The number of carboxylic acids is 1. The average Bonchev–Trinajstić information content (AvgIpc) is 2.86. The van der Waals surface area contributed by atoms with Gasteiger partial charge in [-0.15, -0.1) is 0 Å². The van der Waals surface area contributed by atoms with Crippen molar-refractivity contribution in [3.8, 4) is 5.69 Å². The number of fused-ring (bicyclic) bond motifs is 1. The van der Waals surface area contributed by atoms with Crippen LogP contribution in [-0.2, 0) is 0 Å². The van der Waals surface area contributed by atoms with Gasteiger partial charge in [0.25, 0.3) is 0 Å². The van der Waals surface area contributed by atoms with Gasteiger partial charge in [-0.05, 0) is 43.2 Å². The molecule has 0 bridgehead atoms. The zero-order valence-electron chi connectivity index (χ0n) is 12.5. The van der Waals surface area contributed by atoms with E-state index in [1.54, 1.807) is 16.8 Å². The largest absolute Gasteiger partial charge is 0.477 e. The molecule has 24 heavy (non-hydrogen) atoms. The molecule has 0 spiro atoms. The molecule has 1 saturated carbocycles. The average molecular weight is 346 g/mol. The lowest BCUT2D eigenvalue weighted by Crippen LogP contribution is -2.10. The van der Waals surface area contributed by atoms with Gasteiger partial charge < -0.3 is 5.11 Å². The molecule has 0 saturated heterocycles. The number of carboxylic acid groups (broad SMARTS) is 1. The van der Waals surface area contributed by atoms with Crippen molar-refractivity contribution in [3.05, 3.63) is 52.6 Å². The van der Waals surface area contributed by atoms with Crippen LogP contribution in [-0.4, -0.2) is 25.8 Å². The summed E-state index contributed by atoms with van der Waals surface area (Å²) in [6.07, 6.45) is 3.17. The first kappa shape index (κ1) is 15.1. The number of pyridine rings is 1. The Balaban J connectivity index is 2.00. The standard InChI is InChI=1S/C17H13ClFN3O2/c18-12-8-13(17(23)24)20-16-14(12)15(9-2-1-3-9)21-22(16)11-6-4-10(19)5-7-11/h4-9H,1-3H2,(H,23,24). The van der Waals surface area contributed by atoms with Crippen LogP contribution in [0.1, 0.15) is 41.4 Å². The smallest absolute Gasteiger partial charge is 0.354 e. The summed E-state index contributed by atoms with van der Waals surface area (Å²) in [6, 6.07) is 7.17. The Morgan fingerprint density at radius 1 is 1.29 bits per heavy atom. The number of benzene rings is 1. The minimum Gasteiger partial charge on any atom is -0.477 e. The third-order valence-electron chi connectivity index (χ3n) is 4.40. The number of aromatic nitrogens is 3. The van der Waals surface area contributed by atoms with Crippen molar-refractivity contribution in [3.63, 3.8) is 0 Å². The van der Waals surface area contributed by atoms with E-state index < -0.39 is 5.97 Å². The van der Waals surface area contributed by atoms with Crippen molar-refractivity contribution < 1.29 is 14.3 Å². The fourth-order valence-corrected chi connectivity index (χ4v) is 3.22. The summed E-state index contributed by atoms with van der Waals surface area (Å²) < 4.78 is 14.7. The lowest BCUT2D eigenvalue weighted by molar-refractivity contribution is 0.0691. The highest BCUT2D eigenvalue weighted by Gasteiger charge is 2.28. The Hall–Kier alpha value is -2.47. The molecular weight excluding hydrogens is 333 g/mol. The van der Waals surface area contributed by atoms with E-state index in [1.807, 2.05) is 0 Å². The summed E-state index contributed by atoms with van der Waals surface area (Å²) >= 11 is 6.35. The molecule has 1 aliphatic carbocycles. The van der Waals surface area contributed by atoms with Crippen molar-refractivity contribution in [1.29, 1.82) is 0 Å². The molecule has 0 aliphatic heterocycles. The van der Waals surface area contributed by atoms with Crippen LogP contribution in [0.3, 0.4) is 0 Å². The third-order valence-corrected chi connectivity index (χ3v) is 4.70. The number of hydrogen-bond donors (Lipinski definition) is 1. The highest BCUT2D eigenvalue weighted by Crippen LogP contribution is 2.41. The van der Waals surface area contributed by atoms with Gasteiger partial charge in [-0.2, -0.15) is 5.10 Å². The highest BCUT2D eigenvalue weighted by molar-refractivity contribution is 6.35. The fourth-order valence-electron chi connectivity index (χ4n) is 2.94. The van der Waals surface area contributed by atoms with Gasteiger partial charge in [0.05, 0.1) is 21.8 Å². The normalized spacial score (nSPS) is 14.8. The van der Waals surface area contributed by atoms with Gasteiger partial charge >= 0.3 is 5.97 Å². The lowest BCUT2D eigenvalue weighted by Gasteiger charge is -2.23. The van der Waals surface area contributed by atoms with Crippen LogP contribution >= 0.6 is 11.6 Å². The number of nitrogens with zero attached hydrogens (tertiary/aromatic N) is 3.